The Morgan fingerprint density at radius 3 is 2.39 bits per heavy atom. The molecule has 0 spiro atoms. The molecule has 8 heteroatoms. The number of carbonyl (C=O) groups excluding carboxylic acids is 1. The highest BCUT2D eigenvalue weighted by Crippen LogP contribution is 2.27. The first-order valence-corrected chi connectivity index (χ1v) is 9.05. The molecule has 1 N–H and O–H groups in total. The molecule has 1 saturated heterocycles. The number of piperazine rings is 1. The molecule has 4 rings (SSSR count). The fourth-order valence-electron chi connectivity index (χ4n) is 3.33. The number of anilines is 1. The van der Waals surface area contributed by atoms with Gasteiger partial charge in [0.25, 0.3) is 5.91 Å². The second-order valence-corrected chi connectivity index (χ2v) is 6.64. The highest BCUT2D eigenvalue weighted by Gasteiger charge is 2.26. The van der Waals surface area contributed by atoms with Crippen molar-refractivity contribution in [1.29, 1.82) is 0 Å². The predicted molar refractivity (Wildman–Crippen MR) is 102 cm³/mol. The van der Waals surface area contributed by atoms with E-state index in [9.17, 15) is 14.3 Å². The molecule has 1 aliphatic heterocycles. The number of aromatic hydroxyl groups is 1. The minimum Gasteiger partial charge on any atom is -0.506 e. The third-order valence-electron chi connectivity index (χ3n) is 4.82. The van der Waals surface area contributed by atoms with Gasteiger partial charge in [0.05, 0.1) is 11.4 Å². The summed E-state index contributed by atoms with van der Waals surface area (Å²) >= 11 is 0. The van der Waals surface area contributed by atoms with Crippen molar-refractivity contribution in [2.24, 2.45) is 0 Å². The Hall–Kier alpha value is -3.42. The quantitative estimate of drug-likeness (QED) is 0.754. The predicted octanol–water partition coefficient (Wildman–Crippen LogP) is 2.38. The Balaban J connectivity index is 1.47. The van der Waals surface area contributed by atoms with Gasteiger partial charge in [0, 0.05) is 26.2 Å². The van der Waals surface area contributed by atoms with Crippen LogP contribution in [0.4, 0.5) is 10.1 Å². The number of hydrogen-bond donors (Lipinski definition) is 1. The van der Waals surface area contributed by atoms with Gasteiger partial charge in [-0.25, -0.2) is 14.1 Å². The molecule has 2 aromatic carbocycles. The minimum absolute atomic E-state index is 0.123. The van der Waals surface area contributed by atoms with Crippen molar-refractivity contribution in [2.45, 2.75) is 6.92 Å². The van der Waals surface area contributed by atoms with Crippen LogP contribution in [-0.2, 0) is 0 Å². The molecule has 0 radical (unpaired) electrons. The van der Waals surface area contributed by atoms with E-state index in [2.05, 4.69) is 15.0 Å². The van der Waals surface area contributed by atoms with Gasteiger partial charge in [-0.2, -0.15) is 0 Å². The highest BCUT2D eigenvalue weighted by atomic mass is 19.1. The zero-order chi connectivity index (χ0) is 19.7. The zero-order valence-corrected chi connectivity index (χ0v) is 15.4. The highest BCUT2D eigenvalue weighted by molar-refractivity contribution is 5.90. The number of para-hydroxylation sites is 2. The van der Waals surface area contributed by atoms with E-state index in [-0.39, 0.29) is 23.3 Å². The van der Waals surface area contributed by atoms with E-state index in [1.54, 1.807) is 36.1 Å². The maximum atomic E-state index is 13.1. The molecule has 0 bridgehead atoms. The molecule has 3 aromatic rings. The van der Waals surface area contributed by atoms with E-state index in [4.69, 9.17) is 0 Å². The van der Waals surface area contributed by atoms with Crippen molar-refractivity contribution in [3.05, 3.63) is 66.0 Å². The molecule has 0 saturated carbocycles. The number of halogens is 1. The van der Waals surface area contributed by atoms with Gasteiger partial charge >= 0.3 is 0 Å². The van der Waals surface area contributed by atoms with Gasteiger partial charge in [-0.3, -0.25) is 4.79 Å². The van der Waals surface area contributed by atoms with Crippen LogP contribution in [-0.4, -0.2) is 56.9 Å². The van der Waals surface area contributed by atoms with Gasteiger partial charge in [-0.1, -0.05) is 12.1 Å². The lowest BCUT2D eigenvalue weighted by Gasteiger charge is -2.35. The monoisotopic (exact) mass is 381 g/mol. The SMILES string of the molecule is Cc1nc(C(=O)N2CCN(c3ccccc3O)CC2)nn1-c1ccc(F)cc1. The lowest BCUT2D eigenvalue weighted by Crippen LogP contribution is -2.49. The molecule has 2 heterocycles. The first-order chi connectivity index (χ1) is 13.5. The summed E-state index contributed by atoms with van der Waals surface area (Å²) in [5.41, 5.74) is 1.42. The van der Waals surface area contributed by atoms with Crippen LogP contribution in [0.5, 0.6) is 5.75 Å². The molecule has 1 aliphatic rings. The number of amides is 1. The Morgan fingerprint density at radius 2 is 1.71 bits per heavy atom. The number of benzene rings is 2. The summed E-state index contributed by atoms with van der Waals surface area (Å²) in [6.07, 6.45) is 0. The topological polar surface area (TPSA) is 74.5 Å². The van der Waals surface area contributed by atoms with Crippen LogP contribution >= 0.6 is 0 Å². The number of phenols is 1. The average Bonchev–Trinajstić information content (AvgIpc) is 3.10. The number of hydrogen-bond acceptors (Lipinski definition) is 5. The fourth-order valence-corrected chi connectivity index (χ4v) is 3.33. The van der Waals surface area contributed by atoms with E-state index in [1.165, 1.54) is 16.8 Å². The molecule has 144 valence electrons. The molecule has 0 atom stereocenters. The molecular formula is C20H20FN5O2. The first kappa shape index (κ1) is 18.0. The Labute approximate surface area is 161 Å². The molecule has 0 unspecified atom stereocenters. The van der Waals surface area contributed by atoms with Crippen molar-refractivity contribution in [1.82, 2.24) is 19.7 Å². The summed E-state index contributed by atoms with van der Waals surface area (Å²) < 4.78 is 14.7. The number of aromatic nitrogens is 3. The van der Waals surface area contributed by atoms with Crippen molar-refractivity contribution >= 4 is 11.6 Å². The van der Waals surface area contributed by atoms with Gasteiger partial charge in [0.15, 0.2) is 0 Å². The Morgan fingerprint density at radius 1 is 1.04 bits per heavy atom. The normalized spacial score (nSPS) is 14.4. The largest absolute Gasteiger partial charge is 0.506 e. The van der Waals surface area contributed by atoms with E-state index in [0.717, 1.165) is 5.69 Å². The summed E-state index contributed by atoms with van der Waals surface area (Å²) in [6.45, 7) is 4.00. The second-order valence-electron chi connectivity index (χ2n) is 6.64. The van der Waals surface area contributed by atoms with Crippen LogP contribution in [0.25, 0.3) is 5.69 Å². The number of aryl methyl sites for hydroxylation is 1. The number of nitrogens with zero attached hydrogens (tertiary/aromatic N) is 5. The zero-order valence-electron chi connectivity index (χ0n) is 15.4. The molecular weight excluding hydrogens is 361 g/mol. The molecule has 28 heavy (non-hydrogen) atoms. The van der Waals surface area contributed by atoms with Crippen molar-refractivity contribution in [3.63, 3.8) is 0 Å². The van der Waals surface area contributed by atoms with Crippen molar-refractivity contribution in [3.8, 4) is 11.4 Å². The number of phenolic OH excluding ortho intramolecular Hbond substituents is 1. The lowest BCUT2D eigenvalue weighted by atomic mass is 10.2. The second kappa shape index (κ2) is 7.30. The maximum Gasteiger partial charge on any atom is 0.293 e. The fraction of sp³-hybridized carbons (Fsp3) is 0.250. The van der Waals surface area contributed by atoms with E-state index in [0.29, 0.717) is 37.7 Å². The minimum atomic E-state index is -0.333. The lowest BCUT2D eigenvalue weighted by molar-refractivity contribution is 0.0734. The first-order valence-electron chi connectivity index (χ1n) is 9.05. The molecule has 0 aliphatic carbocycles. The summed E-state index contributed by atoms with van der Waals surface area (Å²) in [5.74, 6) is 0.347. The summed E-state index contributed by atoms with van der Waals surface area (Å²) in [6, 6.07) is 13.0. The van der Waals surface area contributed by atoms with Gasteiger partial charge < -0.3 is 14.9 Å². The third kappa shape index (κ3) is 3.40. The van der Waals surface area contributed by atoms with Crippen LogP contribution < -0.4 is 4.90 Å². The average molecular weight is 381 g/mol. The maximum absolute atomic E-state index is 13.1. The van der Waals surface area contributed by atoms with Crippen LogP contribution in [0, 0.1) is 12.7 Å². The number of carbonyl (C=O) groups is 1. The van der Waals surface area contributed by atoms with E-state index in [1.807, 2.05) is 12.1 Å². The smallest absolute Gasteiger partial charge is 0.293 e. The summed E-state index contributed by atoms with van der Waals surface area (Å²) in [5, 5.41) is 14.3. The van der Waals surface area contributed by atoms with Gasteiger partial charge in [0.2, 0.25) is 5.82 Å². The van der Waals surface area contributed by atoms with Crippen molar-refractivity contribution in [2.75, 3.05) is 31.1 Å². The molecule has 7 nitrogen and oxygen atoms in total. The standard InChI is InChI=1S/C20H20FN5O2/c1-14-22-19(23-26(14)16-8-6-15(21)7-9-16)20(28)25-12-10-24(11-13-25)17-4-2-3-5-18(17)27/h2-9,27H,10-13H2,1H3. The van der Waals surface area contributed by atoms with Gasteiger partial charge in [-0.05, 0) is 43.3 Å². The van der Waals surface area contributed by atoms with Crippen molar-refractivity contribution < 1.29 is 14.3 Å². The summed E-state index contributed by atoms with van der Waals surface area (Å²) in [7, 11) is 0. The van der Waals surface area contributed by atoms with E-state index >= 15 is 0 Å². The van der Waals surface area contributed by atoms with Gasteiger partial charge in [0.1, 0.15) is 17.4 Å². The molecule has 1 amide bonds. The van der Waals surface area contributed by atoms with Crippen LogP contribution in [0.1, 0.15) is 16.4 Å². The van der Waals surface area contributed by atoms with Crippen LogP contribution in [0.2, 0.25) is 0 Å². The van der Waals surface area contributed by atoms with Crippen LogP contribution in [0.3, 0.4) is 0 Å². The molecule has 1 aromatic heterocycles. The van der Waals surface area contributed by atoms with Crippen LogP contribution in [0.15, 0.2) is 48.5 Å². The number of rotatable bonds is 3. The van der Waals surface area contributed by atoms with E-state index < -0.39 is 0 Å². The summed E-state index contributed by atoms with van der Waals surface area (Å²) in [4.78, 5) is 20.9. The Kier molecular flexibility index (Phi) is 4.68. The third-order valence-corrected chi connectivity index (χ3v) is 4.82. The van der Waals surface area contributed by atoms with Gasteiger partial charge in [-0.15, -0.1) is 5.10 Å². The Bertz CT molecular complexity index is 994. The molecule has 1 fully saturated rings.